The van der Waals surface area contributed by atoms with Crippen LogP contribution < -0.4 is 4.90 Å². The van der Waals surface area contributed by atoms with Crippen LogP contribution in [-0.2, 0) is 0 Å². The molecular weight excluding hydrogens is 607 g/mol. The molecule has 9 aromatic rings. The smallest absolute Gasteiger partial charge is 0.136 e. The van der Waals surface area contributed by atoms with Crippen molar-refractivity contribution in [3.63, 3.8) is 0 Å². The fraction of sp³-hybridized carbons (Fsp3) is 0. The molecule has 0 spiro atoms. The molecule has 2 nitrogen and oxygen atoms in total. The van der Waals surface area contributed by atoms with Gasteiger partial charge in [0.2, 0.25) is 0 Å². The molecule has 0 N–H and O–H groups in total. The van der Waals surface area contributed by atoms with E-state index < -0.39 is 0 Å². The van der Waals surface area contributed by atoms with E-state index in [2.05, 4.69) is 193 Å². The summed E-state index contributed by atoms with van der Waals surface area (Å²) in [5.41, 5.74) is 14.6. The third kappa shape index (κ3) is 5.53. The Hall–Kier alpha value is -6.64. The topological polar surface area (TPSA) is 16.4 Å². The molecule has 236 valence electrons. The summed E-state index contributed by atoms with van der Waals surface area (Å²) in [4.78, 5) is 2.34. The molecule has 0 aliphatic rings. The number of fused-ring (bicyclic) bond motifs is 3. The van der Waals surface area contributed by atoms with Crippen LogP contribution >= 0.6 is 0 Å². The lowest BCUT2D eigenvalue weighted by Crippen LogP contribution is -2.10. The Kier molecular flexibility index (Phi) is 7.53. The minimum absolute atomic E-state index is 0.905. The summed E-state index contributed by atoms with van der Waals surface area (Å²) in [5.74, 6) is 0. The van der Waals surface area contributed by atoms with Gasteiger partial charge < -0.3 is 9.32 Å². The van der Waals surface area contributed by atoms with Gasteiger partial charge in [-0.1, -0.05) is 152 Å². The highest BCUT2D eigenvalue weighted by atomic mass is 16.3. The maximum Gasteiger partial charge on any atom is 0.136 e. The van der Waals surface area contributed by atoms with E-state index in [-0.39, 0.29) is 0 Å². The first-order valence-electron chi connectivity index (χ1n) is 17.0. The van der Waals surface area contributed by atoms with E-state index in [0.29, 0.717) is 0 Å². The van der Waals surface area contributed by atoms with Gasteiger partial charge in [0.15, 0.2) is 0 Å². The molecule has 0 amide bonds. The van der Waals surface area contributed by atoms with Crippen LogP contribution in [0.3, 0.4) is 0 Å². The van der Waals surface area contributed by atoms with Gasteiger partial charge in [0, 0.05) is 27.8 Å². The van der Waals surface area contributed by atoms with Crippen molar-refractivity contribution in [2.75, 3.05) is 4.90 Å². The molecule has 0 atom stereocenters. The quantitative estimate of drug-likeness (QED) is 0.173. The van der Waals surface area contributed by atoms with Crippen LogP contribution in [0.4, 0.5) is 17.1 Å². The summed E-state index contributed by atoms with van der Waals surface area (Å²) < 4.78 is 6.20. The van der Waals surface area contributed by atoms with E-state index in [0.717, 1.165) is 44.6 Å². The number of anilines is 3. The number of hydrogen-bond donors (Lipinski definition) is 0. The van der Waals surface area contributed by atoms with Crippen molar-refractivity contribution in [3.8, 4) is 44.5 Å². The van der Waals surface area contributed by atoms with Gasteiger partial charge >= 0.3 is 0 Å². The van der Waals surface area contributed by atoms with Crippen LogP contribution in [0.15, 0.2) is 205 Å². The average Bonchev–Trinajstić information content (AvgIpc) is 3.59. The molecule has 9 rings (SSSR count). The van der Waals surface area contributed by atoms with Crippen molar-refractivity contribution in [1.82, 2.24) is 0 Å². The Labute approximate surface area is 292 Å². The van der Waals surface area contributed by atoms with Gasteiger partial charge in [-0.2, -0.15) is 0 Å². The van der Waals surface area contributed by atoms with E-state index in [1.54, 1.807) is 0 Å². The zero-order chi connectivity index (χ0) is 33.3. The van der Waals surface area contributed by atoms with Gasteiger partial charge in [-0.25, -0.2) is 0 Å². The van der Waals surface area contributed by atoms with Gasteiger partial charge in [-0.05, 0) is 93.0 Å². The number of benzene rings is 8. The van der Waals surface area contributed by atoms with Crippen LogP contribution in [0.25, 0.3) is 66.4 Å². The fourth-order valence-corrected chi connectivity index (χ4v) is 7.00. The van der Waals surface area contributed by atoms with Gasteiger partial charge in [0.1, 0.15) is 11.2 Å². The molecule has 8 aromatic carbocycles. The van der Waals surface area contributed by atoms with Crippen LogP contribution in [0.5, 0.6) is 0 Å². The second kappa shape index (κ2) is 12.8. The van der Waals surface area contributed by atoms with Crippen molar-refractivity contribution in [1.29, 1.82) is 0 Å². The predicted molar refractivity (Wildman–Crippen MR) is 210 cm³/mol. The number of hydrogen-bond acceptors (Lipinski definition) is 2. The number of furan rings is 1. The molecule has 0 unspecified atom stereocenters. The molecular formula is C48H33NO. The molecule has 0 aliphatic carbocycles. The molecule has 50 heavy (non-hydrogen) atoms. The van der Waals surface area contributed by atoms with Crippen molar-refractivity contribution < 1.29 is 4.42 Å². The second-order valence-electron chi connectivity index (χ2n) is 12.6. The summed E-state index contributed by atoms with van der Waals surface area (Å²) >= 11 is 0. The molecule has 0 bridgehead atoms. The first-order valence-corrected chi connectivity index (χ1v) is 17.0. The number of para-hydroxylation sites is 1. The molecule has 1 heterocycles. The number of nitrogens with zero attached hydrogens (tertiary/aromatic N) is 1. The Bertz CT molecular complexity index is 2550. The minimum Gasteiger partial charge on any atom is -0.456 e. The Morgan fingerprint density at radius 3 is 1.40 bits per heavy atom. The molecule has 1 aromatic heterocycles. The van der Waals surface area contributed by atoms with Gasteiger partial charge in [-0.15, -0.1) is 0 Å². The highest BCUT2D eigenvalue weighted by Crippen LogP contribution is 2.40. The predicted octanol–water partition coefficient (Wildman–Crippen LogP) is 13.7. The lowest BCUT2D eigenvalue weighted by Gasteiger charge is -2.26. The maximum absolute atomic E-state index is 6.20. The Morgan fingerprint density at radius 1 is 0.300 bits per heavy atom. The van der Waals surface area contributed by atoms with Crippen LogP contribution in [-0.4, -0.2) is 0 Å². The van der Waals surface area contributed by atoms with Crippen LogP contribution in [0, 0.1) is 0 Å². The van der Waals surface area contributed by atoms with Crippen LogP contribution in [0.1, 0.15) is 0 Å². The van der Waals surface area contributed by atoms with E-state index >= 15 is 0 Å². The zero-order valence-electron chi connectivity index (χ0n) is 27.4. The summed E-state index contributed by atoms with van der Waals surface area (Å²) in [6.07, 6.45) is 0. The van der Waals surface area contributed by atoms with E-state index in [4.69, 9.17) is 4.42 Å². The van der Waals surface area contributed by atoms with Gasteiger partial charge in [0.25, 0.3) is 0 Å². The first kappa shape index (κ1) is 29.5. The van der Waals surface area contributed by atoms with E-state index in [1.165, 1.54) is 38.9 Å². The zero-order valence-corrected chi connectivity index (χ0v) is 27.4. The highest BCUT2D eigenvalue weighted by molar-refractivity contribution is 6.12. The van der Waals surface area contributed by atoms with Crippen molar-refractivity contribution in [2.45, 2.75) is 0 Å². The lowest BCUT2D eigenvalue weighted by atomic mass is 9.98. The summed E-state index contributed by atoms with van der Waals surface area (Å²) in [7, 11) is 0. The molecule has 0 aliphatic heterocycles. The second-order valence-corrected chi connectivity index (χ2v) is 12.6. The third-order valence-corrected chi connectivity index (χ3v) is 9.50. The summed E-state index contributed by atoms with van der Waals surface area (Å²) in [5, 5.41) is 2.28. The standard InChI is InChI=1S/C48H33NO/c1-3-11-34(12-4-1)36-21-23-37(24-22-36)38-25-29-41(30-26-38)49(43-16-9-15-40(33-43)35-13-5-2-6-14-35)42-31-27-39(28-32-42)44-18-10-20-47-48(44)45-17-7-8-19-46(45)50-47/h1-33H. The average molecular weight is 640 g/mol. The summed E-state index contributed by atoms with van der Waals surface area (Å²) in [6.45, 7) is 0. The third-order valence-electron chi connectivity index (χ3n) is 9.50. The fourth-order valence-electron chi connectivity index (χ4n) is 7.00. The Balaban J connectivity index is 1.10. The molecule has 2 heteroatoms. The molecule has 0 saturated heterocycles. The van der Waals surface area contributed by atoms with Crippen molar-refractivity contribution in [3.05, 3.63) is 200 Å². The van der Waals surface area contributed by atoms with E-state index in [1.807, 2.05) is 12.1 Å². The highest BCUT2D eigenvalue weighted by Gasteiger charge is 2.16. The molecule has 0 radical (unpaired) electrons. The van der Waals surface area contributed by atoms with Gasteiger partial charge in [-0.3, -0.25) is 0 Å². The maximum atomic E-state index is 6.20. The summed E-state index contributed by atoms with van der Waals surface area (Å²) in [6, 6.07) is 71.1. The van der Waals surface area contributed by atoms with E-state index in [9.17, 15) is 0 Å². The van der Waals surface area contributed by atoms with Crippen molar-refractivity contribution >= 4 is 39.0 Å². The minimum atomic E-state index is 0.905. The lowest BCUT2D eigenvalue weighted by molar-refractivity contribution is 0.669. The van der Waals surface area contributed by atoms with Crippen molar-refractivity contribution in [2.24, 2.45) is 0 Å². The monoisotopic (exact) mass is 639 g/mol. The number of rotatable bonds is 7. The largest absolute Gasteiger partial charge is 0.456 e. The first-order chi connectivity index (χ1) is 24.8. The molecule has 0 fully saturated rings. The van der Waals surface area contributed by atoms with Gasteiger partial charge in [0.05, 0.1) is 0 Å². The SMILES string of the molecule is c1ccc(-c2ccc(-c3ccc(N(c4ccc(-c5cccc6oc7ccccc7c56)cc4)c4cccc(-c5ccccc5)c4)cc3)cc2)cc1. The Morgan fingerprint density at radius 2 is 0.760 bits per heavy atom. The normalized spacial score (nSPS) is 11.2. The van der Waals surface area contributed by atoms with Crippen LogP contribution in [0.2, 0.25) is 0 Å². The molecule has 0 saturated carbocycles.